The molecule has 8 heteroatoms. The zero-order valence-electron chi connectivity index (χ0n) is 13.2. The molecule has 1 aliphatic heterocycles. The summed E-state index contributed by atoms with van der Waals surface area (Å²) in [5.74, 6) is 0.994. The smallest absolute Gasteiger partial charge is 0.241 e. The van der Waals surface area contributed by atoms with Crippen molar-refractivity contribution in [2.24, 2.45) is 0 Å². The van der Waals surface area contributed by atoms with Crippen LogP contribution in [-0.4, -0.2) is 31.6 Å². The summed E-state index contributed by atoms with van der Waals surface area (Å²) in [6, 6.07) is 10.0. The van der Waals surface area contributed by atoms with Crippen LogP contribution in [0.5, 0.6) is 11.5 Å². The molecule has 0 atom stereocenters. The van der Waals surface area contributed by atoms with Gasteiger partial charge in [-0.2, -0.15) is 0 Å². The largest absolute Gasteiger partial charge is 0.486 e. The molecule has 0 unspecified atom stereocenters. The van der Waals surface area contributed by atoms with Gasteiger partial charge in [0.1, 0.15) is 13.2 Å². The molecule has 1 aromatic heterocycles. The minimum atomic E-state index is -3.67. The van der Waals surface area contributed by atoms with Gasteiger partial charge in [0.15, 0.2) is 11.5 Å². The summed E-state index contributed by atoms with van der Waals surface area (Å²) in [7, 11) is -3.67. The highest BCUT2D eigenvalue weighted by Gasteiger charge is 2.19. The number of fused-ring (bicyclic) bond motifs is 2. The molecule has 2 heterocycles. The molecule has 1 N–H and O–H groups in total. The van der Waals surface area contributed by atoms with Crippen LogP contribution in [0.15, 0.2) is 53.7 Å². The molecule has 4 rings (SSSR count). The quantitative estimate of drug-likeness (QED) is 0.767. The van der Waals surface area contributed by atoms with Crippen LogP contribution in [0.4, 0.5) is 0 Å². The third kappa shape index (κ3) is 3.26. The Balaban J connectivity index is 1.54. The molecule has 7 nitrogen and oxygen atoms in total. The van der Waals surface area contributed by atoms with Gasteiger partial charge in [0.2, 0.25) is 10.0 Å². The number of rotatable bonds is 4. The Hall–Kier alpha value is -2.71. The van der Waals surface area contributed by atoms with Crippen LogP contribution < -0.4 is 14.2 Å². The van der Waals surface area contributed by atoms with E-state index in [4.69, 9.17) is 9.47 Å². The molecule has 0 spiro atoms. The van der Waals surface area contributed by atoms with Crippen molar-refractivity contribution in [3.63, 3.8) is 0 Å². The van der Waals surface area contributed by atoms with Crippen molar-refractivity contribution >= 4 is 21.1 Å². The second-order valence-corrected chi connectivity index (χ2v) is 7.28. The summed E-state index contributed by atoms with van der Waals surface area (Å²) in [5.41, 5.74) is 2.29. The fourth-order valence-corrected chi connectivity index (χ4v) is 3.60. The zero-order valence-corrected chi connectivity index (χ0v) is 14.0. The highest BCUT2D eigenvalue weighted by Crippen LogP contribution is 2.32. The number of ether oxygens (including phenoxy) is 2. The van der Waals surface area contributed by atoms with E-state index < -0.39 is 10.0 Å². The van der Waals surface area contributed by atoms with E-state index in [1.165, 1.54) is 12.1 Å². The first-order valence-electron chi connectivity index (χ1n) is 7.71. The number of benzene rings is 2. The van der Waals surface area contributed by atoms with E-state index in [9.17, 15) is 8.42 Å². The lowest BCUT2D eigenvalue weighted by Crippen LogP contribution is -2.24. The predicted molar refractivity (Wildman–Crippen MR) is 91.0 cm³/mol. The number of nitrogens with zero attached hydrogens (tertiary/aromatic N) is 2. The lowest BCUT2D eigenvalue weighted by atomic mass is 10.2. The molecule has 0 amide bonds. The van der Waals surface area contributed by atoms with Crippen molar-refractivity contribution in [2.75, 3.05) is 13.2 Å². The summed E-state index contributed by atoms with van der Waals surface area (Å²) in [4.78, 5) is 8.55. The van der Waals surface area contributed by atoms with E-state index in [0.717, 1.165) is 16.6 Å². The van der Waals surface area contributed by atoms with Gasteiger partial charge in [-0.25, -0.2) is 13.1 Å². The highest BCUT2D eigenvalue weighted by atomic mass is 32.2. The number of hydrogen-bond acceptors (Lipinski definition) is 6. The average Bonchev–Trinajstić information content (AvgIpc) is 2.66. The zero-order chi connectivity index (χ0) is 17.3. The molecule has 128 valence electrons. The maximum absolute atomic E-state index is 12.5. The second-order valence-electron chi connectivity index (χ2n) is 5.51. The normalized spacial score (nSPS) is 13.8. The van der Waals surface area contributed by atoms with E-state index in [2.05, 4.69) is 14.7 Å². The predicted octanol–water partition coefficient (Wildman–Crippen LogP) is 1.88. The summed E-state index contributed by atoms with van der Waals surface area (Å²) in [6.45, 7) is 1.02. The van der Waals surface area contributed by atoms with E-state index in [0.29, 0.717) is 24.7 Å². The maximum Gasteiger partial charge on any atom is 0.241 e. The van der Waals surface area contributed by atoms with Gasteiger partial charge in [0, 0.05) is 25.0 Å². The van der Waals surface area contributed by atoms with E-state index in [1.54, 1.807) is 18.5 Å². The van der Waals surface area contributed by atoms with Crippen molar-refractivity contribution < 1.29 is 17.9 Å². The molecule has 2 aromatic carbocycles. The SMILES string of the molecule is O=S(=O)(NCc1ccc2nccnc2c1)c1ccc2c(c1)OCCO2. The van der Waals surface area contributed by atoms with Crippen LogP contribution in [-0.2, 0) is 16.6 Å². The molecule has 0 aliphatic carbocycles. The van der Waals surface area contributed by atoms with Crippen molar-refractivity contribution in [3.8, 4) is 11.5 Å². The molecule has 0 fully saturated rings. The standard InChI is InChI=1S/C17H15N3O4S/c21-25(22,13-2-4-16-17(10-13)24-8-7-23-16)20-11-12-1-3-14-15(9-12)19-6-5-18-14/h1-6,9-10,20H,7-8,11H2. The number of nitrogens with one attached hydrogen (secondary N) is 1. The van der Waals surface area contributed by atoms with Crippen LogP contribution in [0.2, 0.25) is 0 Å². The van der Waals surface area contributed by atoms with Gasteiger partial charge < -0.3 is 9.47 Å². The summed E-state index contributed by atoms with van der Waals surface area (Å²) in [5, 5.41) is 0. The molecular formula is C17H15N3O4S. The molecule has 0 saturated carbocycles. The van der Waals surface area contributed by atoms with E-state index in [1.807, 2.05) is 18.2 Å². The van der Waals surface area contributed by atoms with Crippen molar-refractivity contribution in [2.45, 2.75) is 11.4 Å². The summed E-state index contributed by atoms with van der Waals surface area (Å²) in [6.07, 6.45) is 3.22. The lowest BCUT2D eigenvalue weighted by Gasteiger charge is -2.19. The van der Waals surface area contributed by atoms with Gasteiger partial charge in [0.05, 0.1) is 15.9 Å². The van der Waals surface area contributed by atoms with Crippen molar-refractivity contribution in [1.82, 2.24) is 14.7 Å². The van der Waals surface area contributed by atoms with Gasteiger partial charge in [-0.1, -0.05) is 6.07 Å². The second kappa shape index (κ2) is 6.30. The maximum atomic E-state index is 12.5. The van der Waals surface area contributed by atoms with Crippen molar-refractivity contribution in [1.29, 1.82) is 0 Å². The van der Waals surface area contributed by atoms with Crippen molar-refractivity contribution in [3.05, 3.63) is 54.4 Å². The monoisotopic (exact) mass is 357 g/mol. The van der Waals surface area contributed by atoms with Gasteiger partial charge in [-0.15, -0.1) is 0 Å². The van der Waals surface area contributed by atoms with E-state index >= 15 is 0 Å². The van der Waals surface area contributed by atoms with Crippen LogP contribution in [0.1, 0.15) is 5.56 Å². The Morgan fingerprint density at radius 3 is 2.52 bits per heavy atom. The summed E-state index contributed by atoms with van der Waals surface area (Å²) >= 11 is 0. The van der Waals surface area contributed by atoms with Gasteiger partial charge >= 0.3 is 0 Å². The Bertz CT molecular complexity index is 1040. The molecule has 0 radical (unpaired) electrons. The Morgan fingerprint density at radius 1 is 0.920 bits per heavy atom. The molecule has 3 aromatic rings. The number of hydrogen-bond donors (Lipinski definition) is 1. The van der Waals surface area contributed by atoms with E-state index in [-0.39, 0.29) is 11.4 Å². The first-order valence-corrected chi connectivity index (χ1v) is 9.19. The minimum absolute atomic E-state index is 0.136. The molecule has 0 bridgehead atoms. The fraction of sp³-hybridized carbons (Fsp3) is 0.176. The topological polar surface area (TPSA) is 90.4 Å². The van der Waals surface area contributed by atoms with Gasteiger partial charge in [-0.3, -0.25) is 9.97 Å². The molecule has 0 saturated heterocycles. The highest BCUT2D eigenvalue weighted by molar-refractivity contribution is 7.89. The lowest BCUT2D eigenvalue weighted by molar-refractivity contribution is 0.171. The Morgan fingerprint density at radius 2 is 1.68 bits per heavy atom. The Labute approximate surface area is 144 Å². The van der Waals surface area contributed by atoms with Crippen LogP contribution in [0.3, 0.4) is 0 Å². The summed E-state index contributed by atoms with van der Waals surface area (Å²) < 4.78 is 38.5. The van der Waals surface area contributed by atoms with Gasteiger partial charge in [0.25, 0.3) is 0 Å². The van der Waals surface area contributed by atoms with Crippen LogP contribution in [0.25, 0.3) is 11.0 Å². The number of sulfonamides is 1. The Kier molecular flexibility index (Phi) is 3.98. The minimum Gasteiger partial charge on any atom is -0.486 e. The first kappa shape index (κ1) is 15.8. The van der Waals surface area contributed by atoms with Crippen LogP contribution >= 0.6 is 0 Å². The molecular weight excluding hydrogens is 342 g/mol. The average molecular weight is 357 g/mol. The van der Waals surface area contributed by atoms with Gasteiger partial charge in [-0.05, 0) is 29.8 Å². The third-order valence-electron chi connectivity index (χ3n) is 3.82. The third-order valence-corrected chi connectivity index (χ3v) is 5.22. The first-order chi connectivity index (χ1) is 12.1. The fourth-order valence-electron chi connectivity index (χ4n) is 2.57. The van der Waals surface area contributed by atoms with Crippen LogP contribution in [0, 0.1) is 0 Å². The molecule has 25 heavy (non-hydrogen) atoms. The number of aromatic nitrogens is 2. The molecule has 1 aliphatic rings.